The summed E-state index contributed by atoms with van der Waals surface area (Å²) in [6, 6.07) is 5.26. The van der Waals surface area contributed by atoms with Gasteiger partial charge in [-0.25, -0.2) is 8.42 Å². The Morgan fingerprint density at radius 3 is 2.72 bits per heavy atom. The minimum absolute atomic E-state index is 0.370. The summed E-state index contributed by atoms with van der Waals surface area (Å²) in [7, 11) is -1.79. The van der Waals surface area contributed by atoms with Gasteiger partial charge in [-0.3, -0.25) is 4.79 Å². The molecule has 1 aromatic heterocycles. The SMILES string of the molecule is COc1ccc2[nH]cc(C(=O)CS(C)(=O)=O)c2c1. The van der Waals surface area contributed by atoms with Gasteiger partial charge >= 0.3 is 0 Å². The lowest BCUT2D eigenvalue weighted by Crippen LogP contribution is -2.14. The van der Waals surface area contributed by atoms with Crippen molar-refractivity contribution in [1.82, 2.24) is 4.98 Å². The van der Waals surface area contributed by atoms with E-state index in [1.165, 1.54) is 13.3 Å². The molecule has 0 spiro atoms. The molecule has 0 radical (unpaired) electrons. The van der Waals surface area contributed by atoms with E-state index >= 15 is 0 Å². The summed E-state index contributed by atoms with van der Waals surface area (Å²) in [5.74, 6) is -0.288. The molecule has 0 amide bonds. The van der Waals surface area contributed by atoms with Gasteiger partial charge in [0, 0.05) is 28.9 Å². The molecule has 6 heteroatoms. The van der Waals surface area contributed by atoms with Crippen molar-refractivity contribution in [3.05, 3.63) is 30.0 Å². The van der Waals surface area contributed by atoms with Crippen LogP contribution in [0.1, 0.15) is 10.4 Å². The molecule has 2 aromatic rings. The predicted molar refractivity (Wildman–Crippen MR) is 68.9 cm³/mol. The summed E-state index contributed by atoms with van der Waals surface area (Å²) in [5.41, 5.74) is 1.14. The number of carbonyl (C=O) groups excluding carboxylic acids is 1. The van der Waals surface area contributed by atoms with E-state index in [2.05, 4.69) is 4.98 Å². The number of methoxy groups -OCH3 is 1. The molecule has 1 N–H and O–H groups in total. The molecule has 1 heterocycles. The van der Waals surface area contributed by atoms with Crippen molar-refractivity contribution in [3.63, 3.8) is 0 Å². The van der Waals surface area contributed by atoms with Crippen LogP contribution in [0, 0.1) is 0 Å². The average Bonchev–Trinajstić information content (AvgIpc) is 2.69. The van der Waals surface area contributed by atoms with E-state index in [-0.39, 0.29) is 0 Å². The molecule has 5 nitrogen and oxygen atoms in total. The Labute approximate surface area is 105 Å². The highest BCUT2D eigenvalue weighted by Gasteiger charge is 2.17. The number of nitrogens with one attached hydrogen (secondary N) is 1. The zero-order chi connectivity index (χ0) is 13.3. The van der Waals surface area contributed by atoms with Crippen LogP contribution in [-0.4, -0.2) is 38.3 Å². The molecule has 0 aliphatic carbocycles. The molecular weight excluding hydrogens is 254 g/mol. The van der Waals surface area contributed by atoms with Crippen LogP contribution >= 0.6 is 0 Å². The maximum Gasteiger partial charge on any atom is 0.179 e. The Morgan fingerprint density at radius 1 is 1.39 bits per heavy atom. The summed E-state index contributed by atoms with van der Waals surface area (Å²) < 4.78 is 27.4. The number of hydrogen-bond acceptors (Lipinski definition) is 4. The highest BCUT2D eigenvalue weighted by Crippen LogP contribution is 2.24. The fourth-order valence-electron chi connectivity index (χ4n) is 1.77. The first-order chi connectivity index (χ1) is 8.40. The minimum Gasteiger partial charge on any atom is -0.497 e. The van der Waals surface area contributed by atoms with Crippen LogP contribution in [0.25, 0.3) is 10.9 Å². The lowest BCUT2D eigenvalue weighted by atomic mass is 10.1. The van der Waals surface area contributed by atoms with Gasteiger partial charge in [0.1, 0.15) is 11.5 Å². The molecule has 0 saturated heterocycles. The first kappa shape index (κ1) is 12.6. The van der Waals surface area contributed by atoms with Crippen LogP contribution in [-0.2, 0) is 9.84 Å². The van der Waals surface area contributed by atoms with Crippen LogP contribution in [0.15, 0.2) is 24.4 Å². The number of H-pyrrole nitrogens is 1. The zero-order valence-electron chi connectivity index (χ0n) is 10.1. The number of ether oxygens (including phenoxy) is 1. The molecule has 0 bridgehead atoms. The highest BCUT2D eigenvalue weighted by atomic mass is 32.2. The van der Waals surface area contributed by atoms with Gasteiger partial charge in [0.15, 0.2) is 15.6 Å². The minimum atomic E-state index is -3.33. The molecule has 2 rings (SSSR count). The Hall–Kier alpha value is -1.82. The van der Waals surface area contributed by atoms with Crippen molar-refractivity contribution >= 4 is 26.5 Å². The van der Waals surface area contributed by atoms with E-state index in [4.69, 9.17) is 4.74 Å². The zero-order valence-corrected chi connectivity index (χ0v) is 10.9. The van der Waals surface area contributed by atoms with E-state index in [1.54, 1.807) is 18.2 Å². The van der Waals surface area contributed by atoms with Gasteiger partial charge in [-0.15, -0.1) is 0 Å². The Bertz CT molecular complexity index is 700. The van der Waals surface area contributed by atoms with E-state index in [9.17, 15) is 13.2 Å². The number of benzene rings is 1. The molecule has 18 heavy (non-hydrogen) atoms. The molecule has 0 unspecified atom stereocenters. The molecule has 0 saturated carbocycles. The van der Waals surface area contributed by atoms with E-state index in [1.807, 2.05) is 0 Å². The molecule has 0 atom stereocenters. The van der Waals surface area contributed by atoms with Crippen molar-refractivity contribution in [1.29, 1.82) is 0 Å². The Balaban J connectivity index is 2.48. The molecule has 0 fully saturated rings. The lowest BCUT2D eigenvalue weighted by molar-refractivity contribution is 0.102. The number of Topliss-reactive ketones (excluding diaryl/α,β-unsaturated/α-hetero) is 1. The first-order valence-corrected chi connectivity index (χ1v) is 7.33. The summed E-state index contributed by atoms with van der Waals surface area (Å²) in [6.45, 7) is 0. The number of aromatic nitrogens is 1. The van der Waals surface area contributed by atoms with Crippen molar-refractivity contribution in [2.45, 2.75) is 0 Å². The van der Waals surface area contributed by atoms with Gasteiger partial charge in [0.05, 0.1) is 7.11 Å². The lowest BCUT2D eigenvalue weighted by Gasteiger charge is -2.01. The molecule has 96 valence electrons. The van der Waals surface area contributed by atoms with Gasteiger partial charge < -0.3 is 9.72 Å². The Morgan fingerprint density at radius 2 is 2.11 bits per heavy atom. The largest absolute Gasteiger partial charge is 0.497 e. The van der Waals surface area contributed by atoms with Gasteiger partial charge in [0.2, 0.25) is 0 Å². The number of fused-ring (bicyclic) bond motifs is 1. The molecule has 0 aliphatic rings. The monoisotopic (exact) mass is 267 g/mol. The maximum atomic E-state index is 11.9. The quantitative estimate of drug-likeness (QED) is 0.850. The normalized spacial score (nSPS) is 11.7. The molecule has 1 aromatic carbocycles. The number of carbonyl (C=O) groups is 1. The third-order valence-electron chi connectivity index (χ3n) is 2.58. The highest BCUT2D eigenvalue weighted by molar-refractivity contribution is 7.91. The first-order valence-electron chi connectivity index (χ1n) is 5.27. The summed E-state index contributed by atoms with van der Waals surface area (Å²) in [5, 5.41) is 0.669. The fourth-order valence-corrected chi connectivity index (χ4v) is 2.41. The van der Waals surface area contributed by atoms with E-state index in [0.717, 1.165) is 11.8 Å². The van der Waals surface area contributed by atoms with E-state index in [0.29, 0.717) is 16.7 Å². The smallest absolute Gasteiger partial charge is 0.179 e. The number of aromatic amines is 1. The van der Waals surface area contributed by atoms with Gasteiger partial charge in [-0.2, -0.15) is 0 Å². The average molecular weight is 267 g/mol. The summed E-state index contributed by atoms with van der Waals surface area (Å²) in [6.07, 6.45) is 2.57. The van der Waals surface area contributed by atoms with Crippen LogP contribution in [0.4, 0.5) is 0 Å². The molecular formula is C12H13NO4S. The second-order valence-corrected chi connectivity index (χ2v) is 6.25. The third-order valence-corrected chi connectivity index (χ3v) is 3.37. The summed E-state index contributed by atoms with van der Waals surface area (Å²) >= 11 is 0. The van der Waals surface area contributed by atoms with Crippen LogP contribution in [0.2, 0.25) is 0 Å². The maximum absolute atomic E-state index is 11.9. The number of sulfone groups is 1. The number of rotatable bonds is 4. The van der Waals surface area contributed by atoms with Gasteiger partial charge in [0.25, 0.3) is 0 Å². The van der Waals surface area contributed by atoms with Gasteiger partial charge in [-0.05, 0) is 18.2 Å². The fraction of sp³-hybridized carbons (Fsp3) is 0.250. The van der Waals surface area contributed by atoms with Crippen LogP contribution in [0.3, 0.4) is 0 Å². The van der Waals surface area contributed by atoms with Crippen LogP contribution < -0.4 is 4.74 Å². The molecule has 0 aliphatic heterocycles. The topological polar surface area (TPSA) is 76.2 Å². The van der Waals surface area contributed by atoms with Crippen molar-refractivity contribution in [3.8, 4) is 5.75 Å². The Kier molecular flexibility index (Phi) is 3.13. The van der Waals surface area contributed by atoms with E-state index < -0.39 is 21.4 Å². The summed E-state index contributed by atoms with van der Waals surface area (Å²) in [4.78, 5) is 14.8. The second kappa shape index (κ2) is 4.45. The third kappa shape index (κ3) is 2.53. The van der Waals surface area contributed by atoms with Crippen molar-refractivity contribution in [2.24, 2.45) is 0 Å². The second-order valence-electron chi connectivity index (χ2n) is 4.11. The number of ketones is 1. The van der Waals surface area contributed by atoms with Crippen molar-refractivity contribution < 1.29 is 17.9 Å². The van der Waals surface area contributed by atoms with Crippen molar-refractivity contribution in [2.75, 3.05) is 19.1 Å². The standard InChI is InChI=1S/C12H13NO4S/c1-17-8-3-4-11-9(5-8)10(6-13-11)12(14)7-18(2,15)16/h3-6,13H,7H2,1-2H3. The predicted octanol–water partition coefficient (Wildman–Crippen LogP) is 1.40. The van der Waals surface area contributed by atoms with Gasteiger partial charge in [-0.1, -0.05) is 0 Å². The van der Waals surface area contributed by atoms with Crippen LogP contribution in [0.5, 0.6) is 5.75 Å². The number of hydrogen-bond donors (Lipinski definition) is 1.